The highest BCUT2D eigenvalue weighted by atomic mass is 32.2. The van der Waals surface area contributed by atoms with Crippen LogP contribution in [0.3, 0.4) is 0 Å². The SMILES string of the molecule is C=CCN(C)S(=O)(=O)CCNCCC. The summed E-state index contributed by atoms with van der Waals surface area (Å²) < 4.78 is 24.4. The van der Waals surface area contributed by atoms with Crippen molar-refractivity contribution in [2.75, 3.05) is 32.4 Å². The zero-order valence-corrected chi connectivity index (χ0v) is 9.81. The Hall–Kier alpha value is -0.390. The van der Waals surface area contributed by atoms with Crippen LogP contribution >= 0.6 is 0 Å². The lowest BCUT2D eigenvalue weighted by molar-refractivity contribution is 0.496. The number of sulfonamides is 1. The Morgan fingerprint density at radius 2 is 2.07 bits per heavy atom. The van der Waals surface area contributed by atoms with E-state index in [1.54, 1.807) is 13.1 Å². The molecule has 0 bridgehead atoms. The molecule has 0 aliphatic carbocycles. The molecule has 0 saturated heterocycles. The number of hydrogen-bond donors (Lipinski definition) is 1. The molecule has 0 spiro atoms. The van der Waals surface area contributed by atoms with Crippen LogP contribution in [0.5, 0.6) is 0 Å². The van der Waals surface area contributed by atoms with Gasteiger partial charge >= 0.3 is 0 Å². The minimum Gasteiger partial charge on any atom is -0.316 e. The quantitative estimate of drug-likeness (QED) is 0.477. The first-order valence-electron chi connectivity index (χ1n) is 4.80. The molecule has 84 valence electrons. The van der Waals surface area contributed by atoms with Crippen LogP contribution in [-0.2, 0) is 10.0 Å². The van der Waals surface area contributed by atoms with Crippen LogP contribution in [0.1, 0.15) is 13.3 Å². The third-order valence-electron chi connectivity index (χ3n) is 1.82. The van der Waals surface area contributed by atoms with Gasteiger partial charge in [-0.05, 0) is 13.0 Å². The highest BCUT2D eigenvalue weighted by Crippen LogP contribution is 1.96. The summed E-state index contributed by atoms with van der Waals surface area (Å²) in [6.45, 7) is 7.29. The molecular weight excluding hydrogens is 200 g/mol. The van der Waals surface area contributed by atoms with E-state index < -0.39 is 10.0 Å². The first kappa shape index (κ1) is 13.6. The Balaban J connectivity index is 3.88. The van der Waals surface area contributed by atoms with Gasteiger partial charge in [0.05, 0.1) is 5.75 Å². The summed E-state index contributed by atoms with van der Waals surface area (Å²) in [5.41, 5.74) is 0. The van der Waals surface area contributed by atoms with E-state index in [0.29, 0.717) is 13.1 Å². The highest BCUT2D eigenvalue weighted by molar-refractivity contribution is 7.89. The van der Waals surface area contributed by atoms with Crippen molar-refractivity contribution in [1.82, 2.24) is 9.62 Å². The van der Waals surface area contributed by atoms with Crippen LogP contribution < -0.4 is 5.32 Å². The molecule has 1 N–H and O–H groups in total. The first-order valence-corrected chi connectivity index (χ1v) is 6.41. The molecule has 0 aliphatic rings. The highest BCUT2D eigenvalue weighted by Gasteiger charge is 2.15. The van der Waals surface area contributed by atoms with E-state index in [2.05, 4.69) is 11.9 Å². The number of hydrogen-bond acceptors (Lipinski definition) is 3. The zero-order valence-electron chi connectivity index (χ0n) is 8.99. The van der Waals surface area contributed by atoms with E-state index in [4.69, 9.17) is 0 Å². The summed E-state index contributed by atoms with van der Waals surface area (Å²) in [6.07, 6.45) is 2.60. The molecule has 0 aromatic heterocycles. The first-order chi connectivity index (χ1) is 6.54. The molecule has 5 heteroatoms. The van der Waals surface area contributed by atoms with E-state index in [1.807, 2.05) is 6.92 Å². The van der Waals surface area contributed by atoms with Crippen molar-refractivity contribution in [3.05, 3.63) is 12.7 Å². The normalized spacial score (nSPS) is 11.9. The van der Waals surface area contributed by atoms with Crippen molar-refractivity contribution in [3.63, 3.8) is 0 Å². The Kier molecular flexibility index (Phi) is 6.78. The van der Waals surface area contributed by atoms with Crippen LogP contribution in [0.15, 0.2) is 12.7 Å². The molecule has 14 heavy (non-hydrogen) atoms. The Morgan fingerprint density at radius 3 is 2.57 bits per heavy atom. The zero-order chi connectivity index (χ0) is 11.0. The van der Waals surface area contributed by atoms with E-state index in [1.165, 1.54) is 4.31 Å². The predicted molar refractivity (Wildman–Crippen MR) is 59.8 cm³/mol. The third kappa shape index (κ3) is 5.36. The van der Waals surface area contributed by atoms with Crippen molar-refractivity contribution in [1.29, 1.82) is 0 Å². The van der Waals surface area contributed by atoms with Gasteiger partial charge in [0.15, 0.2) is 0 Å². The fourth-order valence-corrected chi connectivity index (χ4v) is 2.00. The van der Waals surface area contributed by atoms with Gasteiger partial charge in [-0.15, -0.1) is 6.58 Å². The standard InChI is InChI=1S/C9H20N2O2S/c1-4-6-10-7-9-14(12,13)11(3)8-5-2/h5,10H,2,4,6-9H2,1,3H3. The molecule has 0 fully saturated rings. The summed E-state index contributed by atoms with van der Waals surface area (Å²) in [4.78, 5) is 0. The van der Waals surface area contributed by atoms with Crippen molar-refractivity contribution in [3.8, 4) is 0 Å². The molecule has 0 atom stereocenters. The maximum absolute atomic E-state index is 11.5. The van der Waals surface area contributed by atoms with Crippen LogP contribution in [0.2, 0.25) is 0 Å². The van der Waals surface area contributed by atoms with E-state index in [0.717, 1.165) is 13.0 Å². The number of likely N-dealkylation sites (N-methyl/N-ethyl adjacent to an activating group) is 1. The van der Waals surface area contributed by atoms with Gasteiger partial charge in [0.1, 0.15) is 0 Å². The Labute approximate surface area is 87.0 Å². The second kappa shape index (κ2) is 6.98. The third-order valence-corrected chi connectivity index (χ3v) is 3.64. The number of nitrogens with zero attached hydrogens (tertiary/aromatic N) is 1. The molecule has 0 aromatic carbocycles. The summed E-state index contributed by atoms with van der Waals surface area (Å²) in [6, 6.07) is 0. The lowest BCUT2D eigenvalue weighted by atomic mass is 10.5. The molecule has 0 aromatic rings. The average molecular weight is 220 g/mol. The van der Waals surface area contributed by atoms with Crippen LogP contribution in [0.25, 0.3) is 0 Å². The van der Waals surface area contributed by atoms with E-state index in [-0.39, 0.29) is 5.75 Å². The summed E-state index contributed by atoms with van der Waals surface area (Å²) in [5, 5.41) is 3.06. The van der Waals surface area contributed by atoms with Gasteiger partial charge in [0.2, 0.25) is 10.0 Å². The Morgan fingerprint density at radius 1 is 1.43 bits per heavy atom. The lowest BCUT2D eigenvalue weighted by Gasteiger charge is -2.14. The predicted octanol–water partition coefficient (Wildman–Crippen LogP) is 0.434. The lowest BCUT2D eigenvalue weighted by Crippen LogP contribution is -2.33. The number of nitrogens with one attached hydrogen (secondary N) is 1. The van der Waals surface area contributed by atoms with Gasteiger partial charge in [-0.2, -0.15) is 0 Å². The second-order valence-electron chi connectivity index (χ2n) is 3.14. The Bertz CT molecular complexity index is 250. The maximum atomic E-state index is 11.5. The molecule has 4 nitrogen and oxygen atoms in total. The minimum absolute atomic E-state index is 0.150. The second-order valence-corrected chi connectivity index (χ2v) is 5.33. The van der Waals surface area contributed by atoms with Gasteiger partial charge in [-0.1, -0.05) is 13.0 Å². The molecule has 0 heterocycles. The average Bonchev–Trinajstić information content (AvgIpc) is 2.13. The summed E-state index contributed by atoms with van der Waals surface area (Å²) in [5.74, 6) is 0.150. The molecule has 0 unspecified atom stereocenters. The fraction of sp³-hybridized carbons (Fsp3) is 0.778. The van der Waals surface area contributed by atoms with Gasteiger partial charge in [0, 0.05) is 20.1 Å². The van der Waals surface area contributed by atoms with Crippen LogP contribution in [0.4, 0.5) is 0 Å². The molecule has 0 amide bonds. The van der Waals surface area contributed by atoms with Gasteiger partial charge < -0.3 is 5.32 Å². The number of rotatable bonds is 8. The minimum atomic E-state index is -3.10. The summed E-state index contributed by atoms with van der Waals surface area (Å²) in [7, 11) is -1.54. The van der Waals surface area contributed by atoms with Crippen LogP contribution in [-0.4, -0.2) is 45.2 Å². The van der Waals surface area contributed by atoms with Crippen LogP contribution in [0, 0.1) is 0 Å². The molecule has 0 rings (SSSR count). The molecule has 0 radical (unpaired) electrons. The van der Waals surface area contributed by atoms with Crippen molar-refractivity contribution in [2.24, 2.45) is 0 Å². The van der Waals surface area contributed by atoms with Gasteiger partial charge in [0.25, 0.3) is 0 Å². The van der Waals surface area contributed by atoms with E-state index in [9.17, 15) is 8.42 Å². The maximum Gasteiger partial charge on any atom is 0.215 e. The molecule has 0 saturated carbocycles. The van der Waals surface area contributed by atoms with Crippen molar-refractivity contribution >= 4 is 10.0 Å². The van der Waals surface area contributed by atoms with Crippen molar-refractivity contribution in [2.45, 2.75) is 13.3 Å². The topological polar surface area (TPSA) is 49.4 Å². The monoisotopic (exact) mass is 220 g/mol. The van der Waals surface area contributed by atoms with Gasteiger partial charge in [-0.3, -0.25) is 0 Å². The fourth-order valence-electron chi connectivity index (χ4n) is 0.954. The summed E-state index contributed by atoms with van der Waals surface area (Å²) >= 11 is 0. The molecule has 0 aliphatic heterocycles. The van der Waals surface area contributed by atoms with Gasteiger partial charge in [-0.25, -0.2) is 12.7 Å². The van der Waals surface area contributed by atoms with Crippen molar-refractivity contribution < 1.29 is 8.42 Å². The molecular formula is C9H20N2O2S. The van der Waals surface area contributed by atoms with E-state index >= 15 is 0 Å². The largest absolute Gasteiger partial charge is 0.316 e. The smallest absolute Gasteiger partial charge is 0.215 e.